The van der Waals surface area contributed by atoms with Crippen LogP contribution in [0.1, 0.15) is 61.5 Å². The highest BCUT2D eigenvalue weighted by atomic mass is 16.5. The summed E-state index contributed by atoms with van der Waals surface area (Å²) in [6.07, 6.45) is 4.77. The van der Waals surface area contributed by atoms with Gasteiger partial charge in [0.25, 0.3) is 5.91 Å². The maximum absolute atomic E-state index is 12.5. The fourth-order valence-corrected chi connectivity index (χ4v) is 3.80. The first-order valence-corrected chi connectivity index (χ1v) is 11.2. The van der Waals surface area contributed by atoms with Gasteiger partial charge < -0.3 is 24.8 Å². The predicted molar refractivity (Wildman–Crippen MR) is 122 cm³/mol. The van der Waals surface area contributed by atoms with Gasteiger partial charge in [-0.15, -0.1) is 0 Å². The lowest BCUT2D eigenvalue weighted by atomic mass is 10.1. The molecule has 0 spiro atoms. The average molecular weight is 441 g/mol. The van der Waals surface area contributed by atoms with Crippen molar-refractivity contribution in [1.82, 2.24) is 10.6 Å². The van der Waals surface area contributed by atoms with Gasteiger partial charge in [0.05, 0.1) is 38.0 Å². The molecule has 2 aromatic rings. The maximum atomic E-state index is 12.5. The molecule has 0 aromatic heterocycles. The van der Waals surface area contributed by atoms with Crippen LogP contribution in [0.5, 0.6) is 17.2 Å². The first kappa shape index (κ1) is 23.4. The van der Waals surface area contributed by atoms with E-state index in [1.54, 1.807) is 31.4 Å². The standard InChI is InChI=1S/C25H32N2O5/c1-4-31-21-12-8-7-11-20(21)25(29)26-16-24(28)27-17(2)18-13-14-22(23(15-18)30-3)32-19-9-5-6-10-19/h7-8,11-15,17,19H,4-6,9-10,16H2,1-3H3,(H,26,29)(H,27,28). The number of rotatable bonds is 10. The summed E-state index contributed by atoms with van der Waals surface area (Å²) in [5.74, 6) is 1.23. The zero-order valence-electron chi connectivity index (χ0n) is 19.0. The van der Waals surface area contributed by atoms with Crippen molar-refractivity contribution in [2.45, 2.75) is 51.7 Å². The zero-order valence-corrected chi connectivity index (χ0v) is 19.0. The summed E-state index contributed by atoms with van der Waals surface area (Å²) in [5, 5.41) is 5.56. The van der Waals surface area contributed by atoms with Crippen molar-refractivity contribution in [2.24, 2.45) is 0 Å². The SMILES string of the molecule is CCOc1ccccc1C(=O)NCC(=O)NC(C)c1ccc(OC2CCCC2)c(OC)c1. The Balaban J connectivity index is 1.55. The number of methoxy groups -OCH3 is 1. The van der Waals surface area contributed by atoms with E-state index in [0.717, 1.165) is 24.2 Å². The molecule has 0 heterocycles. The normalized spacial score (nSPS) is 14.5. The molecule has 2 aromatic carbocycles. The van der Waals surface area contributed by atoms with E-state index >= 15 is 0 Å². The van der Waals surface area contributed by atoms with Crippen molar-refractivity contribution in [3.8, 4) is 17.2 Å². The molecule has 1 atom stereocenters. The van der Waals surface area contributed by atoms with Crippen molar-refractivity contribution in [1.29, 1.82) is 0 Å². The molecule has 2 N–H and O–H groups in total. The van der Waals surface area contributed by atoms with Gasteiger partial charge in [0.15, 0.2) is 11.5 Å². The molecule has 172 valence electrons. The topological polar surface area (TPSA) is 85.9 Å². The van der Waals surface area contributed by atoms with E-state index in [9.17, 15) is 9.59 Å². The minimum absolute atomic E-state index is 0.135. The second kappa shape index (κ2) is 11.4. The second-order valence-corrected chi connectivity index (χ2v) is 7.84. The van der Waals surface area contributed by atoms with Crippen LogP contribution < -0.4 is 24.8 Å². The Morgan fingerprint density at radius 3 is 2.53 bits per heavy atom. The van der Waals surface area contributed by atoms with E-state index in [1.165, 1.54) is 12.8 Å². The number of amides is 2. The smallest absolute Gasteiger partial charge is 0.255 e. The molecule has 0 saturated heterocycles. The van der Waals surface area contributed by atoms with Gasteiger partial charge in [-0.1, -0.05) is 18.2 Å². The first-order chi connectivity index (χ1) is 15.5. The minimum Gasteiger partial charge on any atom is -0.493 e. The lowest BCUT2D eigenvalue weighted by Gasteiger charge is -2.19. The van der Waals surface area contributed by atoms with E-state index in [0.29, 0.717) is 23.7 Å². The molecule has 2 amide bonds. The van der Waals surface area contributed by atoms with Gasteiger partial charge in [-0.05, 0) is 69.4 Å². The number of nitrogens with one attached hydrogen (secondary N) is 2. The van der Waals surface area contributed by atoms with Gasteiger partial charge in [0.2, 0.25) is 5.91 Å². The molecule has 7 nitrogen and oxygen atoms in total. The molecule has 0 aliphatic heterocycles. The van der Waals surface area contributed by atoms with Crippen LogP contribution >= 0.6 is 0 Å². The number of para-hydroxylation sites is 1. The highest BCUT2D eigenvalue weighted by Gasteiger charge is 2.20. The fraction of sp³-hybridized carbons (Fsp3) is 0.440. The summed E-state index contributed by atoms with van der Waals surface area (Å²) in [4.78, 5) is 24.9. The monoisotopic (exact) mass is 440 g/mol. The third kappa shape index (κ3) is 6.15. The number of ether oxygens (including phenoxy) is 3. The van der Waals surface area contributed by atoms with Crippen LogP contribution in [0, 0.1) is 0 Å². The van der Waals surface area contributed by atoms with Crippen molar-refractivity contribution in [3.05, 3.63) is 53.6 Å². The van der Waals surface area contributed by atoms with Gasteiger partial charge in [-0.2, -0.15) is 0 Å². The maximum Gasteiger partial charge on any atom is 0.255 e. The van der Waals surface area contributed by atoms with E-state index in [-0.39, 0.29) is 30.5 Å². The predicted octanol–water partition coefficient (Wildman–Crippen LogP) is 4.02. The van der Waals surface area contributed by atoms with Gasteiger partial charge in [-0.25, -0.2) is 0 Å². The molecular formula is C25H32N2O5. The van der Waals surface area contributed by atoms with Gasteiger partial charge in [0, 0.05) is 0 Å². The summed E-state index contributed by atoms with van der Waals surface area (Å²) in [5.41, 5.74) is 1.29. The largest absolute Gasteiger partial charge is 0.493 e. The van der Waals surface area contributed by atoms with Crippen LogP contribution in [0.3, 0.4) is 0 Å². The Kier molecular flexibility index (Phi) is 8.36. The Morgan fingerprint density at radius 2 is 1.81 bits per heavy atom. The summed E-state index contributed by atoms with van der Waals surface area (Å²) < 4.78 is 17.1. The minimum atomic E-state index is -0.355. The van der Waals surface area contributed by atoms with Crippen LogP contribution in [0.2, 0.25) is 0 Å². The number of carbonyl (C=O) groups excluding carboxylic acids is 2. The van der Waals surface area contributed by atoms with Gasteiger partial charge in [0.1, 0.15) is 5.75 Å². The third-order valence-electron chi connectivity index (χ3n) is 5.50. The van der Waals surface area contributed by atoms with Crippen molar-refractivity contribution in [2.75, 3.05) is 20.3 Å². The molecule has 0 bridgehead atoms. The van der Waals surface area contributed by atoms with E-state index in [2.05, 4.69) is 10.6 Å². The lowest BCUT2D eigenvalue weighted by Crippen LogP contribution is -2.38. The number of benzene rings is 2. The summed E-state index contributed by atoms with van der Waals surface area (Å²) in [6.45, 7) is 4.06. The summed E-state index contributed by atoms with van der Waals surface area (Å²) in [7, 11) is 1.61. The summed E-state index contributed by atoms with van der Waals surface area (Å²) in [6, 6.07) is 12.4. The quantitative estimate of drug-likeness (QED) is 0.583. The molecule has 1 unspecified atom stereocenters. The van der Waals surface area contributed by atoms with Crippen LogP contribution in [-0.4, -0.2) is 38.2 Å². The van der Waals surface area contributed by atoms with Gasteiger partial charge >= 0.3 is 0 Å². The molecule has 32 heavy (non-hydrogen) atoms. The number of hydrogen-bond donors (Lipinski definition) is 2. The molecule has 1 fully saturated rings. The Hall–Kier alpha value is -3.22. The molecule has 1 saturated carbocycles. The highest BCUT2D eigenvalue weighted by Crippen LogP contribution is 2.33. The van der Waals surface area contributed by atoms with Crippen LogP contribution in [0.4, 0.5) is 0 Å². The number of carbonyl (C=O) groups is 2. The lowest BCUT2D eigenvalue weighted by molar-refractivity contribution is -0.120. The Morgan fingerprint density at radius 1 is 1.06 bits per heavy atom. The number of hydrogen-bond acceptors (Lipinski definition) is 5. The first-order valence-electron chi connectivity index (χ1n) is 11.2. The zero-order chi connectivity index (χ0) is 22.9. The van der Waals surface area contributed by atoms with Crippen molar-refractivity contribution < 1.29 is 23.8 Å². The van der Waals surface area contributed by atoms with Crippen LogP contribution in [-0.2, 0) is 4.79 Å². The second-order valence-electron chi connectivity index (χ2n) is 7.84. The van der Waals surface area contributed by atoms with Gasteiger partial charge in [-0.3, -0.25) is 9.59 Å². The average Bonchev–Trinajstić information content (AvgIpc) is 3.31. The molecule has 0 radical (unpaired) electrons. The van der Waals surface area contributed by atoms with Crippen molar-refractivity contribution >= 4 is 11.8 Å². The van der Waals surface area contributed by atoms with E-state index < -0.39 is 0 Å². The Labute approximate surface area is 189 Å². The summed E-state index contributed by atoms with van der Waals surface area (Å²) >= 11 is 0. The van der Waals surface area contributed by atoms with Crippen LogP contribution in [0.25, 0.3) is 0 Å². The Bertz CT molecular complexity index is 924. The molecule has 1 aliphatic rings. The fourth-order valence-electron chi connectivity index (χ4n) is 3.80. The van der Waals surface area contributed by atoms with E-state index in [1.807, 2.05) is 32.0 Å². The molecule has 3 rings (SSSR count). The van der Waals surface area contributed by atoms with E-state index in [4.69, 9.17) is 14.2 Å². The molecule has 1 aliphatic carbocycles. The van der Waals surface area contributed by atoms with Crippen LogP contribution in [0.15, 0.2) is 42.5 Å². The van der Waals surface area contributed by atoms with Crippen molar-refractivity contribution in [3.63, 3.8) is 0 Å². The third-order valence-corrected chi connectivity index (χ3v) is 5.50. The molecule has 7 heteroatoms. The highest BCUT2D eigenvalue weighted by molar-refractivity contribution is 5.98. The molecular weight excluding hydrogens is 408 g/mol.